The molecule has 2 aromatic carbocycles. The van der Waals surface area contributed by atoms with Crippen LogP contribution in [-0.2, 0) is 16.1 Å². The largest absolute Gasteiger partial charge is 0.497 e. The van der Waals surface area contributed by atoms with Gasteiger partial charge in [0.15, 0.2) is 0 Å². The van der Waals surface area contributed by atoms with E-state index in [1.165, 1.54) is 0 Å². The number of ether oxygens (including phenoxy) is 1. The highest BCUT2D eigenvalue weighted by Crippen LogP contribution is 2.23. The number of nitrogens with zero attached hydrogens (tertiary/aromatic N) is 1. The van der Waals surface area contributed by atoms with Gasteiger partial charge in [0.05, 0.1) is 7.11 Å². The fourth-order valence-electron chi connectivity index (χ4n) is 3.27. The maximum Gasteiger partial charge on any atom is 0.243 e. The zero-order valence-corrected chi connectivity index (χ0v) is 21.1. The Morgan fingerprint density at radius 2 is 1.84 bits per heavy atom. The Labute approximate surface area is 200 Å². The number of halogens is 1. The van der Waals surface area contributed by atoms with E-state index >= 15 is 0 Å². The van der Waals surface area contributed by atoms with Gasteiger partial charge in [-0.3, -0.25) is 9.59 Å². The highest BCUT2D eigenvalue weighted by Gasteiger charge is 2.30. The lowest BCUT2D eigenvalue weighted by Gasteiger charge is -2.33. The first-order valence-electron chi connectivity index (χ1n) is 10.8. The van der Waals surface area contributed by atoms with Crippen LogP contribution < -0.4 is 10.1 Å². The molecule has 1 N–H and O–H groups in total. The van der Waals surface area contributed by atoms with Crippen LogP contribution in [0.4, 0.5) is 0 Å². The minimum Gasteiger partial charge on any atom is -0.497 e. The van der Waals surface area contributed by atoms with Gasteiger partial charge in [-0.2, -0.15) is 0 Å². The highest BCUT2D eigenvalue weighted by atomic mass is 35.5. The summed E-state index contributed by atoms with van der Waals surface area (Å²) >= 11 is 7.54. The van der Waals surface area contributed by atoms with E-state index in [9.17, 15) is 9.59 Å². The molecule has 7 heteroatoms. The van der Waals surface area contributed by atoms with Crippen molar-refractivity contribution in [2.45, 2.75) is 63.6 Å². The van der Waals surface area contributed by atoms with Crippen LogP contribution in [0.25, 0.3) is 0 Å². The smallest absolute Gasteiger partial charge is 0.243 e. The van der Waals surface area contributed by atoms with Gasteiger partial charge >= 0.3 is 0 Å². The van der Waals surface area contributed by atoms with Gasteiger partial charge in [0.25, 0.3) is 0 Å². The summed E-state index contributed by atoms with van der Waals surface area (Å²) in [4.78, 5) is 29.1. The zero-order chi connectivity index (χ0) is 23.7. The minimum absolute atomic E-state index is 0.0507. The molecule has 0 bridgehead atoms. The molecule has 0 aliphatic rings. The average Bonchev–Trinajstić information content (AvgIpc) is 2.73. The van der Waals surface area contributed by atoms with Crippen molar-refractivity contribution in [3.05, 3.63) is 59.1 Å². The molecule has 0 aliphatic heterocycles. The summed E-state index contributed by atoms with van der Waals surface area (Å²) in [5.41, 5.74) is 0.546. The second kappa shape index (κ2) is 12.2. The van der Waals surface area contributed by atoms with Crippen molar-refractivity contribution in [3.63, 3.8) is 0 Å². The van der Waals surface area contributed by atoms with Crippen LogP contribution in [0, 0.1) is 0 Å². The van der Waals surface area contributed by atoms with Crippen LogP contribution in [0.2, 0.25) is 5.02 Å². The second-order valence-corrected chi connectivity index (χ2v) is 10.2. The van der Waals surface area contributed by atoms with Gasteiger partial charge in [-0.15, -0.1) is 11.8 Å². The molecule has 2 amide bonds. The topological polar surface area (TPSA) is 58.6 Å². The Morgan fingerprint density at radius 3 is 2.44 bits per heavy atom. The van der Waals surface area contributed by atoms with Crippen molar-refractivity contribution in [2.75, 3.05) is 12.9 Å². The number of carbonyl (C=O) groups excluding carboxylic acids is 2. The fraction of sp³-hybridized carbons (Fsp3) is 0.440. The molecular weight excluding hydrogens is 444 g/mol. The van der Waals surface area contributed by atoms with Crippen molar-refractivity contribution in [2.24, 2.45) is 0 Å². The van der Waals surface area contributed by atoms with Crippen LogP contribution in [0.3, 0.4) is 0 Å². The lowest BCUT2D eigenvalue weighted by atomic mass is 10.1. The van der Waals surface area contributed by atoms with Gasteiger partial charge in [0, 0.05) is 34.2 Å². The molecule has 0 radical (unpaired) electrons. The molecule has 0 spiro atoms. The molecule has 2 aromatic rings. The Bertz CT molecular complexity index is 897. The average molecular weight is 477 g/mol. The molecule has 0 fully saturated rings. The normalized spacial score (nSPS) is 12.2. The van der Waals surface area contributed by atoms with Crippen molar-refractivity contribution in [1.29, 1.82) is 0 Å². The third-order valence-electron chi connectivity index (χ3n) is 4.77. The van der Waals surface area contributed by atoms with E-state index < -0.39 is 6.04 Å². The number of hydrogen-bond donors (Lipinski definition) is 1. The summed E-state index contributed by atoms with van der Waals surface area (Å²) in [5.74, 6) is 1.15. The number of nitrogens with one attached hydrogen (secondary N) is 1. The maximum absolute atomic E-state index is 13.3. The summed E-state index contributed by atoms with van der Waals surface area (Å²) in [6.07, 6.45) is 0.860. The van der Waals surface area contributed by atoms with Crippen molar-refractivity contribution < 1.29 is 14.3 Å². The van der Waals surface area contributed by atoms with Crippen LogP contribution in [-0.4, -0.2) is 41.2 Å². The zero-order valence-electron chi connectivity index (χ0n) is 19.5. The molecule has 0 saturated carbocycles. The number of rotatable bonds is 10. The molecule has 0 heterocycles. The Balaban J connectivity index is 2.17. The lowest BCUT2D eigenvalue weighted by Crippen LogP contribution is -2.53. The lowest BCUT2D eigenvalue weighted by molar-refractivity contribution is -0.141. The fourth-order valence-corrected chi connectivity index (χ4v) is 4.24. The first-order valence-corrected chi connectivity index (χ1v) is 12.1. The van der Waals surface area contributed by atoms with E-state index in [0.29, 0.717) is 30.2 Å². The minimum atomic E-state index is -0.548. The van der Waals surface area contributed by atoms with E-state index in [-0.39, 0.29) is 17.4 Å². The SMILES string of the molecule is CCC(C(=O)NC(C)(C)C)N(Cc1cccc(OC)c1)C(=O)CCSc1ccc(Cl)cc1. The van der Waals surface area contributed by atoms with Crippen molar-refractivity contribution in [3.8, 4) is 5.75 Å². The van der Waals surface area contributed by atoms with Crippen LogP contribution in [0.15, 0.2) is 53.4 Å². The first kappa shape index (κ1) is 26.1. The van der Waals surface area contributed by atoms with E-state index in [4.69, 9.17) is 16.3 Å². The maximum atomic E-state index is 13.3. The molecule has 1 unspecified atom stereocenters. The number of thioether (sulfide) groups is 1. The van der Waals surface area contributed by atoms with Gasteiger partial charge < -0.3 is 15.0 Å². The van der Waals surface area contributed by atoms with Crippen molar-refractivity contribution in [1.82, 2.24) is 10.2 Å². The molecule has 0 aromatic heterocycles. The second-order valence-electron chi connectivity index (χ2n) is 8.59. The number of benzene rings is 2. The van der Waals surface area contributed by atoms with Gasteiger partial charge in [-0.1, -0.05) is 30.7 Å². The van der Waals surface area contributed by atoms with Crippen molar-refractivity contribution >= 4 is 35.2 Å². The van der Waals surface area contributed by atoms with Gasteiger partial charge in [-0.25, -0.2) is 0 Å². The predicted octanol–water partition coefficient (Wildman–Crippen LogP) is 5.55. The Hall–Kier alpha value is -2.18. The Kier molecular flexibility index (Phi) is 9.91. The van der Waals surface area contributed by atoms with Gasteiger partial charge in [0.1, 0.15) is 11.8 Å². The number of carbonyl (C=O) groups is 2. The molecule has 0 saturated heterocycles. The van der Waals surface area contributed by atoms with E-state index in [1.807, 2.05) is 76.2 Å². The van der Waals surface area contributed by atoms with Gasteiger partial charge in [0.2, 0.25) is 11.8 Å². The number of hydrogen-bond acceptors (Lipinski definition) is 4. The summed E-state index contributed by atoms with van der Waals surface area (Å²) in [7, 11) is 1.61. The number of amides is 2. The number of methoxy groups -OCH3 is 1. The molecule has 2 rings (SSSR count). The van der Waals surface area contributed by atoms with E-state index in [0.717, 1.165) is 16.2 Å². The third kappa shape index (κ3) is 8.40. The third-order valence-corrected chi connectivity index (χ3v) is 6.04. The quantitative estimate of drug-likeness (QED) is 0.456. The van der Waals surface area contributed by atoms with E-state index in [2.05, 4.69) is 5.32 Å². The van der Waals surface area contributed by atoms with Gasteiger partial charge in [-0.05, 0) is 69.2 Å². The highest BCUT2D eigenvalue weighted by molar-refractivity contribution is 7.99. The summed E-state index contributed by atoms with van der Waals surface area (Å²) in [6.45, 7) is 8.09. The first-order chi connectivity index (χ1) is 15.1. The summed E-state index contributed by atoms with van der Waals surface area (Å²) in [5, 5.41) is 3.71. The molecule has 174 valence electrons. The molecule has 32 heavy (non-hydrogen) atoms. The summed E-state index contributed by atoms with van der Waals surface area (Å²) in [6, 6.07) is 14.6. The van der Waals surface area contributed by atoms with Crippen LogP contribution in [0.5, 0.6) is 5.75 Å². The van der Waals surface area contributed by atoms with Crippen LogP contribution >= 0.6 is 23.4 Å². The standard InChI is InChI=1S/C25H33ClN2O3S/c1-6-22(24(30)27-25(2,3)4)28(17-18-8-7-9-20(16-18)31-5)23(29)14-15-32-21-12-10-19(26)11-13-21/h7-13,16,22H,6,14-15,17H2,1-5H3,(H,27,30). The monoisotopic (exact) mass is 476 g/mol. The van der Waals surface area contributed by atoms with E-state index in [1.54, 1.807) is 23.8 Å². The summed E-state index contributed by atoms with van der Waals surface area (Å²) < 4.78 is 5.32. The predicted molar refractivity (Wildman–Crippen MR) is 132 cm³/mol. The molecular formula is C25H33ClN2O3S. The molecule has 5 nitrogen and oxygen atoms in total. The molecule has 1 atom stereocenters. The molecule has 0 aliphatic carbocycles. The Morgan fingerprint density at radius 1 is 1.16 bits per heavy atom. The van der Waals surface area contributed by atoms with Crippen LogP contribution in [0.1, 0.15) is 46.1 Å².